The molecule has 1 aromatic rings. The van der Waals surface area contributed by atoms with Crippen LogP contribution in [0.15, 0.2) is 23.5 Å². The maximum absolute atomic E-state index is 11.7. The first-order valence-corrected chi connectivity index (χ1v) is 4.87. The van der Waals surface area contributed by atoms with Crippen LogP contribution in [0.3, 0.4) is 0 Å². The summed E-state index contributed by atoms with van der Waals surface area (Å²) in [4.78, 5) is 17.8. The van der Waals surface area contributed by atoms with Crippen molar-refractivity contribution < 1.29 is 10.0 Å². The topological polar surface area (TPSA) is 70.7 Å². The lowest BCUT2D eigenvalue weighted by atomic mass is 10.1. The average Bonchev–Trinajstić information content (AvgIpc) is 2.19. The van der Waals surface area contributed by atoms with E-state index in [4.69, 9.17) is 5.21 Å². The fraction of sp³-hybridized carbons (Fsp3) is 0.500. The molecule has 0 aliphatic heterocycles. The van der Waals surface area contributed by atoms with Crippen molar-refractivity contribution in [2.75, 3.05) is 7.05 Å². The smallest absolute Gasteiger partial charge is 0.344 e. The van der Waals surface area contributed by atoms with Crippen molar-refractivity contribution in [3.63, 3.8) is 0 Å². The Bertz CT molecular complexity index is 424. The molecule has 1 heterocycles. The van der Waals surface area contributed by atoms with E-state index in [2.05, 4.69) is 10.1 Å². The molecular weight excluding hydrogens is 208 g/mol. The molecule has 0 bridgehead atoms. The van der Waals surface area contributed by atoms with E-state index in [1.807, 2.05) is 20.8 Å². The van der Waals surface area contributed by atoms with Gasteiger partial charge in [-0.3, -0.25) is 0 Å². The van der Waals surface area contributed by atoms with E-state index in [0.717, 1.165) is 0 Å². The average molecular weight is 224 g/mol. The standard InChI is InChI=1S/C10H16N4O2/c1-10(2,3)13(4)9(15)12-8-5-6-14(16)11-7-8/h5-7,16H,1-4H3. The second kappa shape index (κ2) is 4.34. The first-order chi connectivity index (χ1) is 7.30. The molecule has 0 spiro atoms. The fourth-order valence-corrected chi connectivity index (χ4v) is 0.881. The van der Waals surface area contributed by atoms with Crippen molar-refractivity contribution in [3.05, 3.63) is 23.8 Å². The summed E-state index contributed by atoms with van der Waals surface area (Å²) in [6, 6.07) is 1.16. The van der Waals surface area contributed by atoms with Crippen LogP contribution in [0.1, 0.15) is 20.8 Å². The molecule has 0 unspecified atom stereocenters. The molecule has 0 fully saturated rings. The molecule has 0 saturated carbocycles. The first kappa shape index (κ1) is 12.2. The molecule has 2 amide bonds. The van der Waals surface area contributed by atoms with Crippen molar-refractivity contribution in [1.29, 1.82) is 0 Å². The molecule has 0 aromatic carbocycles. The summed E-state index contributed by atoms with van der Waals surface area (Å²) in [5, 5.41) is 12.9. The number of rotatable bonds is 0. The lowest BCUT2D eigenvalue weighted by Gasteiger charge is -2.29. The van der Waals surface area contributed by atoms with E-state index in [1.54, 1.807) is 7.05 Å². The van der Waals surface area contributed by atoms with Crippen LogP contribution in [-0.2, 0) is 0 Å². The van der Waals surface area contributed by atoms with Crippen LogP contribution < -0.4 is 5.36 Å². The van der Waals surface area contributed by atoms with E-state index in [0.29, 0.717) is 10.2 Å². The molecule has 0 saturated heterocycles. The molecule has 1 aromatic heterocycles. The van der Waals surface area contributed by atoms with Crippen LogP contribution in [-0.4, -0.2) is 38.7 Å². The van der Waals surface area contributed by atoms with Gasteiger partial charge in [0.15, 0.2) is 0 Å². The van der Waals surface area contributed by atoms with Crippen molar-refractivity contribution in [2.45, 2.75) is 26.3 Å². The lowest BCUT2D eigenvalue weighted by molar-refractivity contribution is 0.143. The summed E-state index contributed by atoms with van der Waals surface area (Å²) in [5.41, 5.74) is -0.278. The second-order valence-corrected chi connectivity index (χ2v) is 4.43. The molecule has 0 aliphatic rings. The Morgan fingerprint density at radius 3 is 2.62 bits per heavy atom. The van der Waals surface area contributed by atoms with E-state index in [-0.39, 0.29) is 11.6 Å². The third-order valence-corrected chi connectivity index (χ3v) is 2.20. The van der Waals surface area contributed by atoms with Gasteiger partial charge in [-0.15, -0.1) is 9.94 Å². The molecular formula is C10H16N4O2. The van der Waals surface area contributed by atoms with Gasteiger partial charge in [-0.1, -0.05) is 0 Å². The van der Waals surface area contributed by atoms with Gasteiger partial charge in [0.05, 0.1) is 17.8 Å². The predicted octanol–water partition coefficient (Wildman–Crippen LogP) is 0.871. The molecule has 16 heavy (non-hydrogen) atoms. The normalized spacial score (nSPS) is 12.6. The number of carbonyl (C=O) groups excluding carboxylic acids is 1. The lowest BCUT2D eigenvalue weighted by Crippen LogP contribution is -2.41. The van der Waals surface area contributed by atoms with Gasteiger partial charge in [0, 0.05) is 12.6 Å². The largest absolute Gasteiger partial charge is 0.412 e. The second-order valence-electron chi connectivity index (χ2n) is 4.43. The molecule has 0 aliphatic carbocycles. The van der Waals surface area contributed by atoms with Gasteiger partial charge >= 0.3 is 6.03 Å². The zero-order chi connectivity index (χ0) is 12.3. The number of aromatic nitrogens is 2. The third kappa shape index (κ3) is 3.08. The van der Waals surface area contributed by atoms with Crippen molar-refractivity contribution in [1.82, 2.24) is 14.8 Å². The van der Waals surface area contributed by atoms with Crippen LogP contribution in [0.5, 0.6) is 0 Å². The summed E-state index contributed by atoms with van der Waals surface area (Å²) < 4.78 is 0. The highest BCUT2D eigenvalue weighted by atomic mass is 16.5. The Labute approximate surface area is 93.8 Å². The Kier molecular flexibility index (Phi) is 3.31. The molecule has 1 N–H and O–H groups in total. The van der Waals surface area contributed by atoms with Crippen molar-refractivity contribution in [3.8, 4) is 0 Å². The highest BCUT2D eigenvalue weighted by Gasteiger charge is 2.21. The molecule has 1 rings (SSSR count). The first-order valence-electron chi connectivity index (χ1n) is 4.87. The summed E-state index contributed by atoms with van der Waals surface area (Å²) in [5.74, 6) is 0. The number of hydrogen-bond donors (Lipinski definition) is 1. The Morgan fingerprint density at radius 1 is 1.56 bits per heavy atom. The Balaban J connectivity index is 2.93. The molecule has 0 radical (unpaired) electrons. The quantitative estimate of drug-likeness (QED) is 0.665. The third-order valence-electron chi connectivity index (χ3n) is 2.20. The minimum atomic E-state index is -0.343. The van der Waals surface area contributed by atoms with Crippen molar-refractivity contribution >= 4 is 6.03 Å². The molecule has 0 atom stereocenters. The minimum Gasteiger partial charge on any atom is -0.412 e. The summed E-state index contributed by atoms with van der Waals surface area (Å²) in [6.45, 7) is 5.77. The zero-order valence-corrected chi connectivity index (χ0v) is 9.88. The van der Waals surface area contributed by atoms with E-state index < -0.39 is 0 Å². The van der Waals surface area contributed by atoms with Gasteiger partial charge in [-0.05, 0) is 26.8 Å². The van der Waals surface area contributed by atoms with Crippen LogP contribution in [0, 0.1) is 0 Å². The maximum atomic E-state index is 11.7. The van der Waals surface area contributed by atoms with E-state index >= 15 is 0 Å². The minimum absolute atomic E-state index is 0.278. The van der Waals surface area contributed by atoms with Crippen LogP contribution in [0.2, 0.25) is 0 Å². The van der Waals surface area contributed by atoms with Crippen LogP contribution in [0.25, 0.3) is 0 Å². The number of hydrogen-bond acceptors (Lipinski definition) is 3. The van der Waals surface area contributed by atoms with Crippen LogP contribution >= 0.6 is 0 Å². The van der Waals surface area contributed by atoms with Gasteiger partial charge in [0.25, 0.3) is 0 Å². The van der Waals surface area contributed by atoms with Gasteiger partial charge < -0.3 is 10.1 Å². The number of amides is 2. The monoisotopic (exact) mass is 224 g/mol. The zero-order valence-electron chi connectivity index (χ0n) is 9.88. The number of carbonyl (C=O) groups is 1. The molecule has 6 heteroatoms. The Morgan fingerprint density at radius 2 is 2.19 bits per heavy atom. The Hall–Kier alpha value is -1.85. The highest BCUT2D eigenvalue weighted by molar-refractivity contribution is 5.75. The predicted molar refractivity (Wildman–Crippen MR) is 57.9 cm³/mol. The van der Waals surface area contributed by atoms with Gasteiger partial charge in [-0.25, -0.2) is 4.79 Å². The van der Waals surface area contributed by atoms with Gasteiger partial charge in [0.1, 0.15) is 0 Å². The maximum Gasteiger partial charge on any atom is 0.344 e. The fourth-order valence-electron chi connectivity index (χ4n) is 0.881. The van der Waals surface area contributed by atoms with Gasteiger partial charge in [-0.2, -0.15) is 4.99 Å². The number of nitrogens with zero attached hydrogens (tertiary/aromatic N) is 4. The van der Waals surface area contributed by atoms with Crippen LogP contribution in [0.4, 0.5) is 4.79 Å². The summed E-state index contributed by atoms with van der Waals surface area (Å²) >= 11 is 0. The number of urea groups is 1. The highest BCUT2D eigenvalue weighted by Crippen LogP contribution is 2.10. The molecule has 6 nitrogen and oxygen atoms in total. The van der Waals surface area contributed by atoms with E-state index in [1.165, 1.54) is 23.4 Å². The summed E-state index contributed by atoms with van der Waals surface area (Å²) in [6.07, 6.45) is 2.62. The SMILES string of the molecule is CN(C(=O)N=c1ccn(O)nc1)C(C)(C)C. The van der Waals surface area contributed by atoms with E-state index in [9.17, 15) is 4.79 Å². The van der Waals surface area contributed by atoms with Crippen molar-refractivity contribution in [2.24, 2.45) is 4.99 Å². The van der Waals surface area contributed by atoms with Gasteiger partial charge in [0.2, 0.25) is 0 Å². The molecule has 88 valence electrons. The summed E-state index contributed by atoms with van der Waals surface area (Å²) in [7, 11) is 1.69.